The second-order valence-corrected chi connectivity index (χ2v) is 7.44. The van der Waals surface area contributed by atoms with Crippen molar-refractivity contribution in [2.24, 2.45) is 13.0 Å². The minimum Gasteiger partial charge on any atom is -0.374 e. The number of aromatic nitrogens is 2. The van der Waals surface area contributed by atoms with E-state index in [2.05, 4.69) is 24.3 Å². The first-order valence-electron chi connectivity index (χ1n) is 9.25. The van der Waals surface area contributed by atoms with Crippen molar-refractivity contribution in [2.45, 2.75) is 58.0 Å². The summed E-state index contributed by atoms with van der Waals surface area (Å²) in [5.74, 6) is 0.889. The quantitative estimate of drug-likeness (QED) is 0.922. The standard InChI is InChI=1S/C18H30N4O2/c1-13(2)17-15(11-21(3)20-17)19-18(23)22-9-10-24-16(12-22)14-7-5-4-6-8-14/h11,13-14,16H,4-10,12H2,1-3H3,(H,19,23)/t16-/m1/s1. The lowest BCUT2D eigenvalue weighted by molar-refractivity contribution is -0.0511. The molecule has 6 nitrogen and oxygen atoms in total. The van der Waals surface area contributed by atoms with Crippen LogP contribution in [0.5, 0.6) is 0 Å². The molecule has 1 aromatic rings. The summed E-state index contributed by atoms with van der Waals surface area (Å²) in [5, 5.41) is 7.51. The zero-order valence-corrected chi connectivity index (χ0v) is 15.1. The van der Waals surface area contributed by atoms with Crippen LogP contribution in [0, 0.1) is 5.92 Å². The number of amides is 2. The SMILES string of the molecule is CC(C)c1nn(C)cc1NC(=O)N1CCO[C@@H](C2CCCCC2)C1. The maximum atomic E-state index is 12.7. The fourth-order valence-corrected chi connectivity index (χ4v) is 3.87. The topological polar surface area (TPSA) is 59.4 Å². The van der Waals surface area contributed by atoms with E-state index >= 15 is 0 Å². The smallest absolute Gasteiger partial charge is 0.322 e. The highest BCUT2D eigenvalue weighted by atomic mass is 16.5. The van der Waals surface area contributed by atoms with Gasteiger partial charge in [-0.3, -0.25) is 4.68 Å². The molecule has 2 heterocycles. The lowest BCUT2D eigenvalue weighted by Gasteiger charge is -2.38. The van der Waals surface area contributed by atoms with Crippen molar-refractivity contribution in [3.05, 3.63) is 11.9 Å². The lowest BCUT2D eigenvalue weighted by atomic mass is 9.84. The van der Waals surface area contributed by atoms with Gasteiger partial charge in [-0.05, 0) is 24.7 Å². The molecule has 1 aromatic heterocycles. The summed E-state index contributed by atoms with van der Waals surface area (Å²) in [4.78, 5) is 14.6. The first-order valence-corrected chi connectivity index (χ1v) is 9.25. The average Bonchev–Trinajstić information content (AvgIpc) is 2.96. The summed E-state index contributed by atoms with van der Waals surface area (Å²) in [6.07, 6.45) is 8.48. The number of anilines is 1. The molecule has 24 heavy (non-hydrogen) atoms. The molecular formula is C18H30N4O2. The number of hydrogen-bond donors (Lipinski definition) is 1. The zero-order chi connectivity index (χ0) is 17.1. The van der Waals surface area contributed by atoms with E-state index in [1.165, 1.54) is 32.1 Å². The Morgan fingerprint density at radius 2 is 2.08 bits per heavy atom. The summed E-state index contributed by atoms with van der Waals surface area (Å²) in [6.45, 7) is 6.18. The van der Waals surface area contributed by atoms with Gasteiger partial charge in [0.25, 0.3) is 0 Å². The van der Waals surface area contributed by atoms with Crippen LogP contribution in [-0.2, 0) is 11.8 Å². The second kappa shape index (κ2) is 7.55. The van der Waals surface area contributed by atoms with Gasteiger partial charge in [-0.1, -0.05) is 33.1 Å². The number of nitrogens with zero attached hydrogens (tertiary/aromatic N) is 3. The van der Waals surface area contributed by atoms with E-state index in [1.807, 2.05) is 18.1 Å². The Bertz CT molecular complexity index is 563. The van der Waals surface area contributed by atoms with Gasteiger partial charge in [0.15, 0.2) is 0 Å². The molecule has 2 amide bonds. The highest BCUT2D eigenvalue weighted by Gasteiger charge is 2.31. The molecule has 2 aliphatic rings. The highest BCUT2D eigenvalue weighted by Crippen LogP contribution is 2.30. The Morgan fingerprint density at radius 3 is 2.79 bits per heavy atom. The normalized spacial score (nSPS) is 22.8. The number of aryl methyl sites for hydroxylation is 1. The number of rotatable bonds is 3. The van der Waals surface area contributed by atoms with Gasteiger partial charge in [-0.2, -0.15) is 5.10 Å². The number of nitrogens with one attached hydrogen (secondary N) is 1. The number of morpholine rings is 1. The van der Waals surface area contributed by atoms with Gasteiger partial charge >= 0.3 is 6.03 Å². The Morgan fingerprint density at radius 1 is 1.33 bits per heavy atom. The van der Waals surface area contributed by atoms with Crippen LogP contribution >= 0.6 is 0 Å². The van der Waals surface area contributed by atoms with E-state index in [-0.39, 0.29) is 18.1 Å². The van der Waals surface area contributed by atoms with Crippen molar-refractivity contribution < 1.29 is 9.53 Å². The maximum absolute atomic E-state index is 12.7. The van der Waals surface area contributed by atoms with Crippen LogP contribution in [0.1, 0.15) is 57.6 Å². The van der Waals surface area contributed by atoms with Crippen LogP contribution in [0.25, 0.3) is 0 Å². The molecule has 1 N–H and O–H groups in total. The first kappa shape index (κ1) is 17.3. The van der Waals surface area contributed by atoms with E-state index in [0.29, 0.717) is 25.6 Å². The number of ether oxygens (including phenoxy) is 1. The third kappa shape index (κ3) is 3.91. The average molecular weight is 334 g/mol. The molecule has 1 aliphatic carbocycles. The second-order valence-electron chi connectivity index (χ2n) is 7.44. The van der Waals surface area contributed by atoms with Crippen LogP contribution < -0.4 is 5.32 Å². The number of carbonyl (C=O) groups is 1. The van der Waals surface area contributed by atoms with Gasteiger partial charge in [-0.25, -0.2) is 4.79 Å². The van der Waals surface area contributed by atoms with Crippen molar-refractivity contribution in [3.63, 3.8) is 0 Å². The monoisotopic (exact) mass is 334 g/mol. The van der Waals surface area contributed by atoms with Crippen molar-refractivity contribution in [2.75, 3.05) is 25.0 Å². The van der Waals surface area contributed by atoms with E-state index in [1.54, 1.807) is 4.68 Å². The van der Waals surface area contributed by atoms with Gasteiger partial charge in [-0.15, -0.1) is 0 Å². The van der Waals surface area contributed by atoms with Crippen molar-refractivity contribution >= 4 is 11.7 Å². The molecule has 0 radical (unpaired) electrons. The van der Waals surface area contributed by atoms with Gasteiger partial charge in [0.2, 0.25) is 0 Å². The molecule has 0 spiro atoms. The summed E-state index contributed by atoms with van der Waals surface area (Å²) >= 11 is 0. The fourth-order valence-electron chi connectivity index (χ4n) is 3.87. The Balaban J connectivity index is 1.62. The summed E-state index contributed by atoms with van der Waals surface area (Å²) in [5.41, 5.74) is 1.75. The van der Waals surface area contributed by atoms with Crippen LogP contribution in [0.3, 0.4) is 0 Å². The third-order valence-electron chi connectivity index (χ3n) is 5.20. The minimum atomic E-state index is -0.0333. The number of urea groups is 1. The molecule has 2 fully saturated rings. The summed E-state index contributed by atoms with van der Waals surface area (Å²) in [6, 6.07) is -0.0333. The Kier molecular flexibility index (Phi) is 5.43. The molecule has 3 rings (SSSR count). The molecule has 0 unspecified atom stereocenters. The molecule has 6 heteroatoms. The maximum Gasteiger partial charge on any atom is 0.322 e. The van der Waals surface area contributed by atoms with Crippen LogP contribution in [-0.4, -0.2) is 46.5 Å². The number of carbonyl (C=O) groups excluding carboxylic acids is 1. The van der Waals surface area contributed by atoms with Crippen LogP contribution in [0.4, 0.5) is 10.5 Å². The van der Waals surface area contributed by atoms with Gasteiger partial charge in [0.05, 0.1) is 24.1 Å². The molecule has 1 atom stereocenters. The van der Waals surface area contributed by atoms with Gasteiger partial charge in [0.1, 0.15) is 0 Å². The summed E-state index contributed by atoms with van der Waals surface area (Å²) in [7, 11) is 1.88. The predicted molar refractivity (Wildman–Crippen MR) is 94.2 cm³/mol. The van der Waals surface area contributed by atoms with Crippen LogP contribution in [0.2, 0.25) is 0 Å². The zero-order valence-electron chi connectivity index (χ0n) is 15.1. The van der Waals surface area contributed by atoms with Crippen molar-refractivity contribution in [3.8, 4) is 0 Å². The number of hydrogen-bond acceptors (Lipinski definition) is 3. The molecule has 1 saturated carbocycles. The Hall–Kier alpha value is -1.56. The van der Waals surface area contributed by atoms with Gasteiger partial charge in [0, 0.05) is 26.3 Å². The molecule has 134 valence electrons. The molecule has 0 bridgehead atoms. The first-order chi connectivity index (χ1) is 11.5. The largest absolute Gasteiger partial charge is 0.374 e. The highest BCUT2D eigenvalue weighted by molar-refractivity contribution is 5.90. The van der Waals surface area contributed by atoms with E-state index in [0.717, 1.165) is 11.4 Å². The predicted octanol–water partition coefficient (Wildman–Crippen LogP) is 3.36. The molecule has 1 saturated heterocycles. The van der Waals surface area contributed by atoms with Crippen LogP contribution in [0.15, 0.2) is 6.20 Å². The third-order valence-corrected chi connectivity index (χ3v) is 5.20. The van der Waals surface area contributed by atoms with E-state index in [4.69, 9.17) is 4.74 Å². The van der Waals surface area contributed by atoms with Gasteiger partial charge < -0.3 is 15.0 Å². The Labute approximate surface area is 144 Å². The minimum absolute atomic E-state index is 0.0333. The lowest BCUT2D eigenvalue weighted by Crippen LogP contribution is -2.50. The molecule has 0 aromatic carbocycles. The summed E-state index contributed by atoms with van der Waals surface area (Å²) < 4.78 is 7.74. The molecular weight excluding hydrogens is 304 g/mol. The van der Waals surface area contributed by atoms with Crippen molar-refractivity contribution in [1.82, 2.24) is 14.7 Å². The van der Waals surface area contributed by atoms with Crippen molar-refractivity contribution in [1.29, 1.82) is 0 Å². The molecule has 1 aliphatic heterocycles. The fraction of sp³-hybridized carbons (Fsp3) is 0.778. The van der Waals surface area contributed by atoms with E-state index in [9.17, 15) is 4.79 Å². The van der Waals surface area contributed by atoms with E-state index < -0.39 is 0 Å².